The fourth-order valence-corrected chi connectivity index (χ4v) is 3.19. The van der Waals surface area contributed by atoms with Gasteiger partial charge in [0, 0.05) is 23.1 Å². The number of rotatable bonds is 6. The number of ketones is 1. The van der Waals surface area contributed by atoms with Crippen molar-refractivity contribution in [3.8, 4) is 0 Å². The van der Waals surface area contributed by atoms with Crippen LogP contribution in [-0.4, -0.2) is 27.4 Å². The highest BCUT2D eigenvalue weighted by molar-refractivity contribution is 8.00. The Kier molecular flexibility index (Phi) is 5.40. The molecule has 1 amide bonds. The first-order valence-corrected chi connectivity index (χ1v) is 8.91. The molecule has 0 spiro atoms. The monoisotopic (exact) mass is 351 g/mol. The van der Waals surface area contributed by atoms with Gasteiger partial charge in [-0.2, -0.15) is 0 Å². The molecule has 0 unspecified atom stereocenters. The number of Topliss-reactive ketones (excluding diaryl/α,β-unsaturated/α-hetero) is 1. The minimum absolute atomic E-state index is 0.0149. The van der Waals surface area contributed by atoms with Crippen molar-refractivity contribution in [2.24, 2.45) is 0 Å². The van der Waals surface area contributed by atoms with Crippen LogP contribution in [0.15, 0.2) is 59.9 Å². The highest BCUT2D eigenvalue weighted by atomic mass is 32.2. The van der Waals surface area contributed by atoms with E-state index in [0.29, 0.717) is 23.4 Å². The maximum Gasteiger partial charge on any atom is 0.224 e. The fourth-order valence-electron chi connectivity index (χ4n) is 2.30. The summed E-state index contributed by atoms with van der Waals surface area (Å²) in [4.78, 5) is 32.3. The van der Waals surface area contributed by atoms with E-state index >= 15 is 0 Å². The van der Waals surface area contributed by atoms with Gasteiger partial charge in [-0.15, -0.1) is 0 Å². The summed E-state index contributed by atoms with van der Waals surface area (Å²) in [7, 11) is 0. The van der Waals surface area contributed by atoms with E-state index in [4.69, 9.17) is 0 Å². The molecule has 0 fully saturated rings. The summed E-state index contributed by atoms with van der Waals surface area (Å²) in [5, 5.41) is 4.51. The number of hydrogen-bond acceptors (Lipinski definition) is 5. The molecule has 3 aromatic rings. The van der Waals surface area contributed by atoms with Crippen molar-refractivity contribution in [1.82, 2.24) is 9.97 Å². The van der Waals surface area contributed by atoms with Crippen LogP contribution in [0.25, 0.3) is 10.9 Å². The van der Waals surface area contributed by atoms with Crippen LogP contribution in [-0.2, 0) is 4.79 Å². The van der Waals surface area contributed by atoms with E-state index in [1.807, 2.05) is 24.3 Å². The standard InChI is InChI=1S/C19H17N3O2S/c1-2-18(24)22-14-9-7-13(8-10-14)17(23)11-25-19-15-5-3-4-6-16(15)20-12-21-19/h3-10,12H,2,11H2,1H3,(H,22,24). The van der Waals surface area contributed by atoms with Gasteiger partial charge in [0.15, 0.2) is 5.78 Å². The molecule has 6 heteroatoms. The summed E-state index contributed by atoms with van der Waals surface area (Å²) in [5.41, 5.74) is 2.17. The highest BCUT2D eigenvalue weighted by Crippen LogP contribution is 2.25. The molecular formula is C19H17N3O2S. The summed E-state index contributed by atoms with van der Waals surface area (Å²) >= 11 is 1.40. The van der Waals surface area contributed by atoms with Gasteiger partial charge in [-0.05, 0) is 30.3 Å². The van der Waals surface area contributed by atoms with Gasteiger partial charge in [0.25, 0.3) is 0 Å². The van der Waals surface area contributed by atoms with Crippen LogP contribution < -0.4 is 5.32 Å². The number of carbonyl (C=O) groups excluding carboxylic acids is 2. The maximum absolute atomic E-state index is 12.4. The van der Waals surface area contributed by atoms with Crippen molar-refractivity contribution < 1.29 is 9.59 Å². The molecule has 0 radical (unpaired) electrons. The highest BCUT2D eigenvalue weighted by Gasteiger charge is 2.10. The molecule has 1 N–H and O–H groups in total. The molecule has 1 aromatic heterocycles. The van der Waals surface area contributed by atoms with Gasteiger partial charge in [0.2, 0.25) is 5.91 Å². The number of fused-ring (bicyclic) bond motifs is 1. The molecule has 0 aliphatic rings. The normalized spacial score (nSPS) is 10.6. The van der Waals surface area contributed by atoms with Crippen molar-refractivity contribution in [2.45, 2.75) is 18.4 Å². The van der Waals surface area contributed by atoms with Crippen LogP contribution in [0, 0.1) is 0 Å². The van der Waals surface area contributed by atoms with Crippen molar-refractivity contribution in [1.29, 1.82) is 0 Å². The molecule has 2 aromatic carbocycles. The number of amides is 1. The van der Waals surface area contributed by atoms with E-state index < -0.39 is 0 Å². The predicted molar refractivity (Wildman–Crippen MR) is 100.0 cm³/mol. The Balaban J connectivity index is 1.67. The summed E-state index contributed by atoms with van der Waals surface area (Å²) in [6.45, 7) is 1.79. The molecule has 0 aliphatic carbocycles. The molecular weight excluding hydrogens is 334 g/mol. The van der Waals surface area contributed by atoms with Crippen LogP contribution in [0.5, 0.6) is 0 Å². The SMILES string of the molecule is CCC(=O)Nc1ccc(C(=O)CSc2ncnc3ccccc23)cc1. The smallest absolute Gasteiger partial charge is 0.224 e. The number of nitrogens with one attached hydrogen (secondary N) is 1. The minimum Gasteiger partial charge on any atom is -0.326 e. The first-order chi connectivity index (χ1) is 12.2. The van der Waals surface area contributed by atoms with E-state index in [1.165, 1.54) is 18.1 Å². The Labute approximate surface area is 149 Å². The van der Waals surface area contributed by atoms with Crippen molar-refractivity contribution in [2.75, 3.05) is 11.1 Å². The van der Waals surface area contributed by atoms with Gasteiger partial charge in [0.05, 0.1) is 11.3 Å². The largest absolute Gasteiger partial charge is 0.326 e. The van der Waals surface area contributed by atoms with Crippen LogP contribution in [0.4, 0.5) is 5.69 Å². The third-order valence-corrected chi connectivity index (χ3v) is 4.66. The summed E-state index contributed by atoms with van der Waals surface area (Å²) in [6.07, 6.45) is 1.94. The number of aromatic nitrogens is 2. The van der Waals surface area contributed by atoms with Crippen LogP contribution in [0.3, 0.4) is 0 Å². The van der Waals surface area contributed by atoms with Gasteiger partial charge in [-0.25, -0.2) is 9.97 Å². The summed E-state index contributed by atoms with van der Waals surface area (Å²) in [6, 6.07) is 14.7. The van der Waals surface area contributed by atoms with Crippen molar-refractivity contribution >= 4 is 40.0 Å². The zero-order valence-corrected chi connectivity index (χ0v) is 14.5. The molecule has 0 saturated carbocycles. The lowest BCUT2D eigenvalue weighted by atomic mass is 10.1. The molecule has 25 heavy (non-hydrogen) atoms. The quantitative estimate of drug-likeness (QED) is 0.413. The van der Waals surface area contributed by atoms with Gasteiger partial charge in [-0.3, -0.25) is 9.59 Å². The number of para-hydroxylation sites is 1. The van der Waals surface area contributed by atoms with E-state index in [1.54, 1.807) is 31.2 Å². The number of hydrogen-bond donors (Lipinski definition) is 1. The molecule has 0 aliphatic heterocycles. The van der Waals surface area contributed by atoms with Gasteiger partial charge >= 0.3 is 0 Å². The molecule has 5 nitrogen and oxygen atoms in total. The molecule has 126 valence electrons. The molecule has 3 rings (SSSR count). The lowest BCUT2D eigenvalue weighted by Gasteiger charge is -2.06. The summed E-state index contributed by atoms with van der Waals surface area (Å²) in [5.74, 6) is 0.258. The Morgan fingerprint density at radius 1 is 1.04 bits per heavy atom. The number of benzene rings is 2. The third-order valence-electron chi connectivity index (χ3n) is 3.66. The topological polar surface area (TPSA) is 72.0 Å². The molecule has 0 saturated heterocycles. The minimum atomic E-state index is -0.0507. The van der Waals surface area contributed by atoms with Crippen LogP contribution in [0.2, 0.25) is 0 Å². The zero-order chi connectivity index (χ0) is 17.6. The van der Waals surface area contributed by atoms with Gasteiger partial charge in [0.1, 0.15) is 11.4 Å². The second-order valence-corrected chi connectivity index (χ2v) is 6.35. The molecule has 0 bridgehead atoms. The number of thioether (sulfide) groups is 1. The fraction of sp³-hybridized carbons (Fsp3) is 0.158. The van der Waals surface area contributed by atoms with E-state index in [9.17, 15) is 9.59 Å². The Morgan fingerprint density at radius 2 is 1.80 bits per heavy atom. The second kappa shape index (κ2) is 7.90. The average Bonchev–Trinajstić information content (AvgIpc) is 2.66. The Bertz CT molecular complexity index is 905. The van der Waals surface area contributed by atoms with E-state index in [2.05, 4.69) is 15.3 Å². The van der Waals surface area contributed by atoms with Crippen LogP contribution >= 0.6 is 11.8 Å². The first kappa shape index (κ1) is 17.1. The van der Waals surface area contributed by atoms with E-state index in [0.717, 1.165) is 15.9 Å². The van der Waals surface area contributed by atoms with E-state index in [-0.39, 0.29) is 11.7 Å². The lowest BCUT2D eigenvalue weighted by molar-refractivity contribution is -0.115. The zero-order valence-electron chi connectivity index (χ0n) is 13.7. The Hall–Kier alpha value is -2.73. The third kappa shape index (κ3) is 4.22. The maximum atomic E-state index is 12.4. The number of nitrogens with zero attached hydrogens (tertiary/aromatic N) is 2. The van der Waals surface area contributed by atoms with Gasteiger partial charge < -0.3 is 5.32 Å². The van der Waals surface area contributed by atoms with Crippen molar-refractivity contribution in [3.05, 3.63) is 60.4 Å². The molecule has 0 atom stereocenters. The Morgan fingerprint density at radius 3 is 2.56 bits per heavy atom. The molecule has 1 heterocycles. The average molecular weight is 351 g/mol. The first-order valence-electron chi connectivity index (χ1n) is 7.93. The summed E-state index contributed by atoms with van der Waals surface area (Å²) < 4.78 is 0. The number of anilines is 1. The lowest BCUT2D eigenvalue weighted by Crippen LogP contribution is -2.09. The predicted octanol–water partition coefficient (Wildman–Crippen LogP) is 3.95. The van der Waals surface area contributed by atoms with Crippen LogP contribution in [0.1, 0.15) is 23.7 Å². The van der Waals surface area contributed by atoms with Gasteiger partial charge in [-0.1, -0.05) is 36.9 Å². The van der Waals surface area contributed by atoms with Crippen molar-refractivity contribution in [3.63, 3.8) is 0 Å². The second-order valence-electron chi connectivity index (χ2n) is 5.39. The number of carbonyl (C=O) groups is 2.